The van der Waals surface area contributed by atoms with Crippen LogP contribution < -0.4 is 0 Å². The third-order valence-corrected chi connectivity index (χ3v) is 2.93. The lowest BCUT2D eigenvalue weighted by Gasteiger charge is -1.83. The van der Waals surface area contributed by atoms with Gasteiger partial charge >= 0.3 is 0 Å². The Morgan fingerprint density at radius 1 is 1.38 bits per heavy atom. The summed E-state index contributed by atoms with van der Waals surface area (Å²) in [5.74, 6) is 0. The molecular formula is C8H8N2S3. The number of allylic oxidation sites excluding steroid dienone is 3. The summed E-state index contributed by atoms with van der Waals surface area (Å²) in [6.07, 6.45) is 8.40. The van der Waals surface area contributed by atoms with E-state index in [2.05, 4.69) is 17.6 Å². The SMILES string of the molecule is N=C/C=C/C=C/c1sc(=S)[nH]c1S. The van der Waals surface area contributed by atoms with Gasteiger partial charge in [-0.2, -0.15) is 0 Å². The first-order valence-electron chi connectivity index (χ1n) is 3.50. The van der Waals surface area contributed by atoms with Crippen molar-refractivity contribution in [3.8, 4) is 0 Å². The first kappa shape index (κ1) is 10.4. The highest BCUT2D eigenvalue weighted by Gasteiger charge is 1.96. The standard InChI is InChI=1S/C8H8N2S3/c9-5-3-1-2-4-6-7(11)10-8(12)13-6/h1-5,9,11H,(H,10,12)/b3-1+,4-2+,9-5?. The zero-order valence-electron chi connectivity index (χ0n) is 6.65. The Hall–Kier alpha value is -0.650. The average molecular weight is 228 g/mol. The molecule has 1 aromatic rings. The van der Waals surface area contributed by atoms with Crippen LogP contribution in [0.2, 0.25) is 0 Å². The third-order valence-electron chi connectivity index (χ3n) is 1.22. The molecular weight excluding hydrogens is 220 g/mol. The minimum Gasteiger partial charge on any atom is -0.332 e. The van der Waals surface area contributed by atoms with E-state index in [-0.39, 0.29) is 0 Å². The molecule has 0 saturated heterocycles. The fourth-order valence-corrected chi connectivity index (χ4v) is 2.20. The van der Waals surface area contributed by atoms with Crippen LogP contribution in [0.5, 0.6) is 0 Å². The van der Waals surface area contributed by atoms with Gasteiger partial charge in [-0.1, -0.05) is 12.2 Å². The molecule has 0 fully saturated rings. The first-order chi connectivity index (χ1) is 6.24. The molecule has 0 bridgehead atoms. The van der Waals surface area contributed by atoms with Crippen LogP contribution in [0.15, 0.2) is 23.3 Å². The minimum atomic E-state index is 0.723. The van der Waals surface area contributed by atoms with Crippen molar-refractivity contribution >= 4 is 48.5 Å². The molecule has 0 unspecified atom stereocenters. The van der Waals surface area contributed by atoms with Gasteiger partial charge in [0.1, 0.15) is 0 Å². The molecule has 1 heterocycles. The number of hydrogen-bond donors (Lipinski definition) is 3. The maximum absolute atomic E-state index is 6.75. The highest BCUT2D eigenvalue weighted by Crippen LogP contribution is 2.19. The van der Waals surface area contributed by atoms with Crippen LogP contribution in [-0.4, -0.2) is 11.2 Å². The van der Waals surface area contributed by atoms with Gasteiger partial charge in [-0.05, 0) is 24.4 Å². The Kier molecular flexibility index (Phi) is 4.14. The van der Waals surface area contributed by atoms with Crippen LogP contribution in [0.4, 0.5) is 0 Å². The molecule has 13 heavy (non-hydrogen) atoms. The molecule has 68 valence electrons. The molecule has 5 heteroatoms. The topological polar surface area (TPSA) is 39.6 Å². The second kappa shape index (κ2) is 5.16. The molecule has 2 N–H and O–H groups in total. The maximum Gasteiger partial charge on any atom is 0.159 e. The fraction of sp³-hybridized carbons (Fsp3) is 0. The summed E-state index contributed by atoms with van der Waals surface area (Å²) in [5.41, 5.74) is 0. The van der Waals surface area contributed by atoms with Crippen LogP contribution in [0.3, 0.4) is 0 Å². The molecule has 0 spiro atoms. The molecule has 0 saturated carbocycles. The zero-order chi connectivity index (χ0) is 9.68. The predicted octanol–water partition coefficient (Wildman–Crippen LogP) is 3.31. The monoisotopic (exact) mass is 228 g/mol. The molecule has 2 nitrogen and oxygen atoms in total. The van der Waals surface area contributed by atoms with Gasteiger partial charge in [0.2, 0.25) is 0 Å². The van der Waals surface area contributed by atoms with E-state index >= 15 is 0 Å². The van der Waals surface area contributed by atoms with E-state index in [1.165, 1.54) is 17.6 Å². The van der Waals surface area contributed by atoms with Gasteiger partial charge in [0.25, 0.3) is 0 Å². The summed E-state index contributed by atoms with van der Waals surface area (Å²) in [5, 5.41) is 7.54. The van der Waals surface area contributed by atoms with E-state index in [0.717, 1.165) is 13.9 Å². The summed E-state index contributed by atoms with van der Waals surface area (Å²) in [7, 11) is 0. The zero-order valence-corrected chi connectivity index (χ0v) is 9.18. The minimum absolute atomic E-state index is 0.723. The van der Waals surface area contributed by atoms with Crippen molar-refractivity contribution in [2.45, 2.75) is 5.03 Å². The second-order valence-corrected chi connectivity index (χ2v) is 4.30. The number of thiol groups is 1. The van der Waals surface area contributed by atoms with E-state index in [0.29, 0.717) is 0 Å². The van der Waals surface area contributed by atoms with Crippen LogP contribution >= 0.6 is 36.2 Å². The summed E-state index contributed by atoms with van der Waals surface area (Å²) < 4.78 is 0.723. The van der Waals surface area contributed by atoms with E-state index in [9.17, 15) is 0 Å². The third kappa shape index (κ3) is 3.30. The molecule has 1 rings (SSSR count). The number of aromatic amines is 1. The lowest BCUT2D eigenvalue weighted by Crippen LogP contribution is -1.65. The van der Waals surface area contributed by atoms with E-state index in [1.54, 1.807) is 12.2 Å². The quantitative estimate of drug-likeness (QED) is 0.316. The normalized spacial score (nSPS) is 11.5. The average Bonchev–Trinajstić information content (AvgIpc) is 2.39. The number of rotatable bonds is 3. The Morgan fingerprint density at radius 2 is 2.15 bits per heavy atom. The van der Waals surface area contributed by atoms with Crippen molar-refractivity contribution in [3.05, 3.63) is 27.1 Å². The molecule has 0 atom stereocenters. The lowest BCUT2D eigenvalue weighted by atomic mass is 10.4. The second-order valence-electron chi connectivity index (χ2n) is 2.14. The summed E-state index contributed by atoms with van der Waals surface area (Å²) >= 11 is 10.6. The number of thiazole rings is 1. The fourth-order valence-electron chi connectivity index (χ4n) is 0.708. The largest absolute Gasteiger partial charge is 0.332 e. The van der Waals surface area contributed by atoms with E-state index < -0.39 is 0 Å². The molecule has 0 aliphatic heterocycles. The molecule has 0 aliphatic rings. The Labute approximate surface area is 90.9 Å². The Balaban J connectivity index is 2.79. The number of H-pyrrole nitrogens is 1. The van der Waals surface area contributed by atoms with Crippen molar-refractivity contribution in [2.75, 3.05) is 0 Å². The highest BCUT2D eigenvalue weighted by atomic mass is 32.1. The van der Waals surface area contributed by atoms with Gasteiger partial charge in [-0.15, -0.1) is 24.0 Å². The van der Waals surface area contributed by atoms with Crippen LogP contribution in [0.25, 0.3) is 6.08 Å². The molecule has 0 aliphatic carbocycles. The van der Waals surface area contributed by atoms with Gasteiger partial charge in [0.15, 0.2) is 3.95 Å². The molecule has 0 amide bonds. The van der Waals surface area contributed by atoms with E-state index in [4.69, 9.17) is 17.6 Å². The van der Waals surface area contributed by atoms with Crippen LogP contribution in [0, 0.1) is 9.36 Å². The van der Waals surface area contributed by atoms with Crippen LogP contribution in [-0.2, 0) is 0 Å². The number of hydrogen-bond acceptors (Lipinski definition) is 4. The lowest BCUT2D eigenvalue weighted by molar-refractivity contribution is 1.19. The number of aromatic nitrogens is 1. The van der Waals surface area contributed by atoms with Crippen molar-refractivity contribution < 1.29 is 0 Å². The molecule has 0 aromatic carbocycles. The van der Waals surface area contributed by atoms with Gasteiger partial charge in [0, 0.05) is 6.21 Å². The molecule has 1 aromatic heterocycles. The van der Waals surface area contributed by atoms with Crippen molar-refractivity contribution in [2.24, 2.45) is 0 Å². The smallest absolute Gasteiger partial charge is 0.159 e. The van der Waals surface area contributed by atoms with Gasteiger partial charge in [-0.3, -0.25) is 0 Å². The van der Waals surface area contributed by atoms with E-state index in [1.807, 2.05) is 12.2 Å². The highest BCUT2D eigenvalue weighted by molar-refractivity contribution is 7.80. The van der Waals surface area contributed by atoms with Crippen molar-refractivity contribution in [1.29, 1.82) is 5.41 Å². The van der Waals surface area contributed by atoms with Crippen molar-refractivity contribution in [3.63, 3.8) is 0 Å². The number of nitrogens with one attached hydrogen (secondary N) is 2. The van der Waals surface area contributed by atoms with Crippen LogP contribution in [0.1, 0.15) is 4.88 Å². The predicted molar refractivity (Wildman–Crippen MR) is 63.7 cm³/mol. The van der Waals surface area contributed by atoms with Gasteiger partial charge in [0.05, 0.1) is 9.90 Å². The molecule has 0 radical (unpaired) electrons. The maximum atomic E-state index is 6.75. The summed E-state index contributed by atoms with van der Waals surface area (Å²) in [4.78, 5) is 3.93. The first-order valence-corrected chi connectivity index (χ1v) is 5.17. The van der Waals surface area contributed by atoms with Gasteiger partial charge in [-0.25, -0.2) is 0 Å². The Morgan fingerprint density at radius 3 is 2.69 bits per heavy atom. The summed E-state index contributed by atoms with van der Waals surface area (Å²) in [6, 6.07) is 0. The summed E-state index contributed by atoms with van der Waals surface area (Å²) in [6.45, 7) is 0. The van der Waals surface area contributed by atoms with Gasteiger partial charge < -0.3 is 10.4 Å². The van der Waals surface area contributed by atoms with Crippen molar-refractivity contribution in [1.82, 2.24) is 4.98 Å². The Bertz CT molecular complexity index is 398.